The van der Waals surface area contributed by atoms with E-state index in [4.69, 9.17) is 4.74 Å². The van der Waals surface area contributed by atoms with Gasteiger partial charge in [-0.1, -0.05) is 22.4 Å². The minimum atomic E-state index is -0.479. The lowest BCUT2D eigenvalue weighted by Gasteiger charge is -2.26. The number of rotatable bonds is 7. The van der Waals surface area contributed by atoms with Crippen molar-refractivity contribution in [1.29, 1.82) is 0 Å². The summed E-state index contributed by atoms with van der Waals surface area (Å²) in [4.78, 5) is 14.1. The average molecular weight is 373 g/mol. The highest BCUT2D eigenvalue weighted by Crippen LogP contribution is 2.21. The van der Waals surface area contributed by atoms with Crippen LogP contribution >= 0.6 is 15.9 Å². The van der Waals surface area contributed by atoms with E-state index in [0.29, 0.717) is 11.0 Å². The molecule has 0 bridgehead atoms. The second-order valence-electron chi connectivity index (χ2n) is 5.47. The van der Waals surface area contributed by atoms with Crippen molar-refractivity contribution < 1.29 is 13.9 Å². The third-order valence-corrected chi connectivity index (χ3v) is 4.17. The molecule has 1 fully saturated rings. The summed E-state index contributed by atoms with van der Waals surface area (Å²) < 4.78 is 19.3. The standard InChI is InChI=1S/C16H22BrFN2O2/c17-13-5-6-15(14(18)11-13)22-12-16(21)19-7-4-10-20-8-2-1-3-9-20/h5-6,11H,1-4,7-10,12H2,(H,19,21). The second kappa shape index (κ2) is 9.10. The van der Waals surface area contributed by atoms with E-state index in [-0.39, 0.29) is 18.3 Å². The molecule has 0 radical (unpaired) electrons. The Balaban J connectivity index is 1.59. The quantitative estimate of drug-likeness (QED) is 0.748. The van der Waals surface area contributed by atoms with Crippen LogP contribution < -0.4 is 10.1 Å². The fourth-order valence-corrected chi connectivity index (χ4v) is 2.83. The van der Waals surface area contributed by atoms with Crippen LogP contribution in [-0.2, 0) is 4.79 Å². The second-order valence-corrected chi connectivity index (χ2v) is 6.38. The first kappa shape index (κ1) is 17.2. The van der Waals surface area contributed by atoms with Crippen LogP contribution in [0.15, 0.2) is 22.7 Å². The monoisotopic (exact) mass is 372 g/mol. The first-order chi connectivity index (χ1) is 10.6. The van der Waals surface area contributed by atoms with Gasteiger partial charge in [0.15, 0.2) is 18.2 Å². The molecule has 0 aromatic heterocycles. The lowest BCUT2D eigenvalue weighted by Crippen LogP contribution is -2.34. The van der Waals surface area contributed by atoms with Gasteiger partial charge in [0.25, 0.3) is 5.91 Å². The number of nitrogens with one attached hydrogen (secondary N) is 1. The predicted octanol–water partition coefficient (Wildman–Crippen LogP) is 2.96. The average Bonchev–Trinajstić information content (AvgIpc) is 2.52. The topological polar surface area (TPSA) is 41.6 Å². The van der Waals surface area contributed by atoms with E-state index in [2.05, 4.69) is 26.1 Å². The van der Waals surface area contributed by atoms with Gasteiger partial charge in [0, 0.05) is 11.0 Å². The van der Waals surface area contributed by atoms with Crippen LogP contribution in [0.2, 0.25) is 0 Å². The zero-order valence-electron chi connectivity index (χ0n) is 12.6. The highest BCUT2D eigenvalue weighted by atomic mass is 79.9. The van der Waals surface area contributed by atoms with Crippen molar-refractivity contribution in [3.05, 3.63) is 28.5 Å². The number of carbonyl (C=O) groups is 1. The number of carbonyl (C=O) groups excluding carboxylic acids is 1. The summed E-state index contributed by atoms with van der Waals surface area (Å²) in [5.74, 6) is -0.611. The lowest BCUT2D eigenvalue weighted by atomic mass is 10.1. The van der Waals surface area contributed by atoms with Crippen LogP contribution in [0, 0.1) is 5.82 Å². The third-order valence-electron chi connectivity index (χ3n) is 3.67. The van der Waals surface area contributed by atoms with Crippen molar-refractivity contribution in [2.24, 2.45) is 0 Å². The number of ether oxygens (including phenoxy) is 1. The molecule has 1 aliphatic heterocycles. The van der Waals surface area contributed by atoms with E-state index >= 15 is 0 Å². The molecular weight excluding hydrogens is 351 g/mol. The molecular formula is C16H22BrFN2O2. The van der Waals surface area contributed by atoms with Crippen LogP contribution in [0.5, 0.6) is 5.75 Å². The molecule has 1 heterocycles. The number of halogens is 2. The Morgan fingerprint density at radius 2 is 2.09 bits per heavy atom. The number of hydrogen-bond donors (Lipinski definition) is 1. The number of amides is 1. The molecule has 122 valence electrons. The van der Waals surface area contributed by atoms with Gasteiger partial charge in [-0.05, 0) is 57.1 Å². The maximum atomic E-state index is 13.5. The molecule has 1 saturated heterocycles. The molecule has 0 unspecified atom stereocenters. The summed E-state index contributed by atoms with van der Waals surface area (Å²) in [6, 6.07) is 4.49. The van der Waals surface area contributed by atoms with Gasteiger partial charge in [0.05, 0.1) is 0 Å². The molecule has 22 heavy (non-hydrogen) atoms. The molecule has 1 aromatic rings. The zero-order valence-corrected chi connectivity index (χ0v) is 14.2. The summed E-state index contributed by atoms with van der Waals surface area (Å²) in [6.45, 7) is 3.81. The summed E-state index contributed by atoms with van der Waals surface area (Å²) in [7, 11) is 0. The van der Waals surface area contributed by atoms with Crippen molar-refractivity contribution >= 4 is 21.8 Å². The van der Waals surface area contributed by atoms with Crippen molar-refractivity contribution in [2.75, 3.05) is 32.8 Å². The van der Waals surface area contributed by atoms with Gasteiger partial charge in [0.2, 0.25) is 0 Å². The van der Waals surface area contributed by atoms with Crippen molar-refractivity contribution in [3.8, 4) is 5.75 Å². The van der Waals surface area contributed by atoms with Gasteiger partial charge < -0.3 is 15.0 Å². The summed E-state index contributed by atoms with van der Waals surface area (Å²) >= 11 is 3.17. The normalized spacial score (nSPS) is 15.5. The zero-order chi connectivity index (χ0) is 15.8. The first-order valence-electron chi connectivity index (χ1n) is 7.72. The molecule has 0 aliphatic carbocycles. The third kappa shape index (κ3) is 5.93. The number of benzene rings is 1. The molecule has 0 spiro atoms. The molecule has 1 aromatic carbocycles. The van der Waals surface area contributed by atoms with Gasteiger partial charge in [-0.25, -0.2) is 4.39 Å². The maximum absolute atomic E-state index is 13.5. The Hall–Kier alpha value is -1.14. The Labute approximate surface area is 139 Å². The molecule has 4 nitrogen and oxygen atoms in total. The smallest absolute Gasteiger partial charge is 0.257 e. The fourth-order valence-electron chi connectivity index (χ4n) is 2.50. The largest absolute Gasteiger partial charge is 0.481 e. The highest BCUT2D eigenvalue weighted by Gasteiger charge is 2.10. The number of piperidine rings is 1. The lowest BCUT2D eigenvalue weighted by molar-refractivity contribution is -0.123. The van der Waals surface area contributed by atoms with E-state index in [0.717, 1.165) is 13.0 Å². The first-order valence-corrected chi connectivity index (χ1v) is 8.51. The molecule has 2 rings (SSSR count). The number of hydrogen-bond acceptors (Lipinski definition) is 3. The minimum absolute atomic E-state index is 0.0895. The molecule has 1 amide bonds. The minimum Gasteiger partial charge on any atom is -0.481 e. The number of nitrogens with zero attached hydrogens (tertiary/aromatic N) is 1. The van der Waals surface area contributed by atoms with Gasteiger partial charge in [-0.15, -0.1) is 0 Å². The Bertz CT molecular complexity index is 493. The van der Waals surface area contributed by atoms with Crippen LogP contribution in [0.1, 0.15) is 25.7 Å². The van der Waals surface area contributed by atoms with E-state index in [1.165, 1.54) is 44.5 Å². The number of likely N-dealkylation sites (tertiary alicyclic amines) is 1. The van der Waals surface area contributed by atoms with E-state index < -0.39 is 5.82 Å². The SMILES string of the molecule is O=C(COc1ccc(Br)cc1F)NCCCN1CCCCC1. The van der Waals surface area contributed by atoms with Crippen molar-refractivity contribution in [2.45, 2.75) is 25.7 Å². The van der Waals surface area contributed by atoms with E-state index in [1.807, 2.05) is 0 Å². The Morgan fingerprint density at radius 1 is 1.32 bits per heavy atom. The molecule has 0 saturated carbocycles. The molecule has 0 atom stereocenters. The van der Waals surface area contributed by atoms with E-state index in [9.17, 15) is 9.18 Å². The Kier molecular flexibility index (Phi) is 7.12. The van der Waals surface area contributed by atoms with Gasteiger partial charge in [-0.2, -0.15) is 0 Å². The predicted molar refractivity (Wildman–Crippen MR) is 87.5 cm³/mol. The molecule has 1 N–H and O–H groups in total. The van der Waals surface area contributed by atoms with Gasteiger partial charge in [-0.3, -0.25) is 4.79 Å². The van der Waals surface area contributed by atoms with Crippen LogP contribution in [0.25, 0.3) is 0 Å². The van der Waals surface area contributed by atoms with Crippen LogP contribution in [0.4, 0.5) is 4.39 Å². The Morgan fingerprint density at radius 3 is 2.82 bits per heavy atom. The maximum Gasteiger partial charge on any atom is 0.257 e. The highest BCUT2D eigenvalue weighted by molar-refractivity contribution is 9.10. The summed E-state index contributed by atoms with van der Waals surface area (Å²) in [5.41, 5.74) is 0. The molecule has 1 aliphatic rings. The molecule has 6 heteroatoms. The summed E-state index contributed by atoms with van der Waals surface area (Å²) in [6.07, 6.45) is 4.81. The van der Waals surface area contributed by atoms with Gasteiger partial charge >= 0.3 is 0 Å². The van der Waals surface area contributed by atoms with E-state index in [1.54, 1.807) is 6.07 Å². The van der Waals surface area contributed by atoms with Gasteiger partial charge in [0.1, 0.15) is 0 Å². The van der Waals surface area contributed by atoms with Crippen LogP contribution in [0.3, 0.4) is 0 Å². The fraction of sp³-hybridized carbons (Fsp3) is 0.562. The van der Waals surface area contributed by atoms with Crippen molar-refractivity contribution in [3.63, 3.8) is 0 Å². The summed E-state index contributed by atoms with van der Waals surface area (Å²) in [5, 5.41) is 2.80. The van der Waals surface area contributed by atoms with Crippen molar-refractivity contribution in [1.82, 2.24) is 10.2 Å². The van der Waals surface area contributed by atoms with Crippen LogP contribution in [-0.4, -0.2) is 43.6 Å².